The molecule has 1 saturated heterocycles. The summed E-state index contributed by atoms with van der Waals surface area (Å²) in [5.41, 5.74) is 3.65. The van der Waals surface area contributed by atoms with Crippen LogP contribution in [0.2, 0.25) is 0 Å². The second-order valence-electron chi connectivity index (χ2n) is 8.67. The highest BCUT2D eigenvalue weighted by Crippen LogP contribution is 2.50. The summed E-state index contributed by atoms with van der Waals surface area (Å²) in [6, 6.07) is 8.42. The second kappa shape index (κ2) is 7.33. The molecule has 5 atom stereocenters. The minimum atomic E-state index is -4.65. The third-order valence-electron chi connectivity index (χ3n) is 7.24. The van der Waals surface area contributed by atoms with Crippen LogP contribution in [-0.4, -0.2) is 55.1 Å². The molecule has 0 radical (unpaired) electrons. The zero-order valence-electron chi connectivity index (χ0n) is 16.8. The van der Waals surface area contributed by atoms with E-state index in [9.17, 15) is 17.8 Å². The Kier molecular flexibility index (Phi) is 4.89. The highest BCUT2D eigenvalue weighted by molar-refractivity contribution is 7.80. The summed E-state index contributed by atoms with van der Waals surface area (Å²) in [6.45, 7) is 1.83. The molecule has 5 rings (SSSR count). The summed E-state index contributed by atoms with van der Waals surface area (Å²) in [5.74, 6) is -0.999. The lowest BCUT2D eigenvalue weighted by atomic mass is 9.65. The number of carbonyl (C=O) groups excluding carboxylic acids is 1. The lowest BCUT2D eigenvalue weighted by Crippen LogP contribution is -2.54. The Balaban J connectivity index is 1.50. The number of carbonyl (C=O) groups is 1. The maximum Gasteiger partial charge on any atom is 0.397 e. The Morgan fingerprint density at radius 3 is 2.83 bits per heavy atom. The van der Waals surface area contributed by atoms with Crippen LogP contribution in [0.5, 0.6) is 0 Å². The van der Waals surface area contributed by atoms with Gasteiger partial charge < -0.3 is 9.72 Å². The number of ether oxygens (including phenoxy) is 1. The first-order chi connectivity index (χ1) is 14.4. The molecule has 1 aliphatic carbocycles. The van der Waals surface area contributed by atoms with Gasteiger partial charge in [-0.25, -0.2) is 4.18 Å². The number of hydrogen-bond donors (Lipinski definition) is 2. The maximum atomic E-state index is 12.7. The van der Waals surface area contributed by atoms with E-state index >= 15 is 0 Å². The first kappa shape index (κ1) is 20.0. The van der Waals surface area contributed by atoms with E-state index in [4.69, 9.17) is 8.92 Å². The number of para-hydroxylation sites is 1. The predicted octanol–water partition coefficient (Wildman–Crippen LogP) is 2.47. The van der Waals surface area contributed by atoms with E-state index in [2.05, 4.69) is 22.0 Å². The molecular formula is C21H26N2O6S. The van der Waals surface area contributed by atoms with E-state index in [1.807, 2.05) is 12.1 Å². The Bertz CT molecular complexity index is 1080. The van der Waals surface area contributed by atoms with Crippen molar-refractivity contribution in [2.24, 2.45) is 17.8 Å². The Morgan fingerprint density at radius 1 is 1.27 bits per heavy atom. The Hall–Kier alpha value is -1.94. The normalized spacial score (nSPS) is 31.6. The third kappa shape index (κ3) is 3.33. The smallest absolute Gasteiger partial charge is 0.397 e. The number of esters is 1. The van der Waals surface area contributed by atoms with Crippen molar-refractivity contribution in [1.29, 1.82) is 0 Å². The monoisotopic (exact) mass is 434 g/mol. The number of nitrogens with one attached hydrogen (secondary N) is 1. The molecular weight excluding hydrogens is 408 g/mol. The van der Waals surface area contributed by atoms with Crippen LogP contribution in [0.25, 0.3) is 10.9 Å². The van der Waals surface area contributed by atoms with Crippen molar-refractivity contribution < 1.29 is 26.7 Å². The van der Waals surface area contributed by atoms with Gasteiger partial charge in [0.15, 0.2) is 0 Å². The fraction of sp³-hybridized carbons (Fsp3) is 0.571. The average molecular weight is 435 g/mol. The molecule has 3 heterocycles. The largest absolute Gasteiger partial charge is 0.469 e. The lowest BCUT2D eigenvalue weighted by molar-refractivity contribution is -0.158. The van der Waals surface area contributed by atoms with Crippen molar-refractivity contribution in [1.82, 2.24) is 9.88 Å². The van der Waals surface area contributed by atoms with Gasteiger partial charge in [0.1, 0.15) is 0 Å². The van der Waals surface area contributed by atoms with Gasteiger partial charge in [-0.15, -0.1) is 0 Å². The highest BCUT2D eigenvalue weighted by Gasteiger charge is 2.51. The van der Waals surface area contributed by atoms with Crippen LogP contribution in [-0.2, 0) is 30.5 Å². The fourth-order valence-electron chi connectivity index (χ4n) is 6.05. The number of benzene rings is 1. The van der Waals surface area contributed by atoms with Crippen molar-refractivity contribution in [2.75, 3.05) is 20.2 Å². The van der Waals surface area contributed by atoms with Gasteiger partial charge in [0, 0.05) is 29.7 Å². The highest BCUT2D eigenvalue weighted by atomic mass is 32.3. The number of methoxy groups -OCH3 is 1. The number of piperidine rings is 1. The molecule has 0 amide bonds. The minimum Gasteiger partial charge on any atom is -0.469 e. The molecule has 2 aliphatic heterocycles. The maximum absolute atomic E-state index is 12.7. The van der Waals surface area contributed by atoms with E-state index in [0.717, 1.165) is 37.9 Å². The minimum absolute atomic E-state index is 0.0726. The van der Waals surface area contributed by atoms with Gasteiger partial charge in [-0.3, -0.25) is 14.2 Å². The van der Waals surface area contributed by atoms with Crippen LogP contribution in [0, 0.1) is 17.8 Å². The fourth-order valence-corrected chi connectivity index (χ4v) is 6.57. The Morgan fingerprint density at radius 2 is 2.07 bits per heavy atom. The molecule has 2 N–H and O–H groups in total. The van der Waals surface area contributed by atoms with E-state index in [1.165, 1.54) is 23.8 Å². The van der Waals surface area contributed by atoms with Gasteiger partial charge in [-0.1, -0.05) is 18.2 Å². The summed E-state index contributed by atoms with van der Waals surface area (Å²) in [5, 5.41) is 1.25. The van der Waals surface area contributed by atoms with Crippen LogP contribution in [0.15, 0.2) is 24.3 Å². The molecule has 162 valence electrons. The molecule has 2 fully saturated rings. The number of fused-ring (bicyclic) bond motifs is 6. The molecule has 1 saturated carbocycles. The molecule has 0 unspecified atom stereocenters. The zero-order valence-corrected chi connectivity index (χ0v) is 17.6. The number of nitrogens with zero attached hydrogens (tertiary/aromatic N) is 1. The summed E-state index contributed by atoms with van der Waals surface area (Å²) < 4.78 is 41.9. The van der Waals surface area contributed by atoms with Gasteiger partial charge in [0.05, 0.1) is 25.2 Å². The van der Waals surface area contributed by atoms with Crippen LogP contribution >= 0.6 is 0 Å². The van der Waals surface area contributed by atoms with Crippen molar-refractivity contribution in [3.05, 3.63) is 35.5 Å². The topological polar surface area (TPSA) is 109 Å². The number of rotatable bonds is 3. The number of H-pyrrole nitrogens is 1. The van der Waals surface area contributed by atoms with Crippen molar-refractivity contribution in [2.45, 2.75) is 37.8 Å². The number of aromatic nitrogens is 1. The second-order valence-corrected chi connectivity index (χ2v) is 9.72. The SMILES string of the molecule is COC(=O)[C@H]1[C@H]2C[C@@H]3c4[nH]c5ccccc5c4CCN3C[C@H]2CC[C@H]1OS(=O)(=O)O. The number of aromatic amines is 1. The standard InChI is InChI=1S/C21H26N2O6S/c1-28-21(24)19-15-10-17-20-14(13-4-2-3-5-16(13)22-20)8-9-23(17)11-12(15)6-7-18(19)29-30(25,26)27/h2-5,12,15,17-19,22H,6-11H2,1H3,(H,25,26,27)/t12-,15+,17-,18-,19+/m1/s1. The predicted molar refractivity (Wildman–Crippen MR) is 109 cm³/mol. The first-order valence-electron chi connectivity index (χ1n) is 10.4. The number of hydrogen-bond acceptors (Lipinski definition) is 6. The third-order valence-corrected chi connectivity index (χ3v) is 7.73. The van der Waals surface area contributed by atoms with Gasteiger partial charge in [0.2, 0.25) is 0 Å². The molecule has 3 aliphatic rings. The quantitative estimate of drug-likeness (QED) is 0.564. The summed E-state index contributed by atoms with van der Waals surface area (Å²) in [7, 11) is -3.34. The van der Waals surface area contributed by atoms with Crippen LogP contribution < -0.4 is 0 Å². The molecule has 8 nitrogen and oxygen atoms in total. The molecule has 0 bridgehead atoms. The molecule has 1 aromatic carbocycles. The Labute approximate surface area is 175 Å². The van der Waals surface area contributed by atoms with E-state index in [-0.39, 0.29) is 17.9 Å². The summed E-state index contributed by atoms with van der Waals surface area (Å²) in [4.78, 5) is 18.7. The molecule has 1 aromatic heterocycles. The van der Waals surface area contributed by atoms with Crippen molar-refractivity contribution >= 4 is 27.3 Å². The summed E-state index contributed by atoms with van der Waals surface area (Å²) in [6.07, 6.45) is 1.96. The zero-order chi connectivity index (χ0) is 21.0. The molecule has 0 spiro atoms. The van der Waals surface area contributed by atoms with Gasteiger partial charge >= 0.3 is 16.4 Å². The van der Waals surface area contributed by atoms with Gasteiger partial charge in [0.25, 0.3) is 0 Å². The van der Waals surface area contributed by atoms with Crippen molar-refractivity contribution in [3.8, 4) is 0 Å². The van der Waals surface area contributed by atoms with Gasteiger partial charge in [-0.2, -0.15) is 8.42 Å². The van der Waals surface area contributed by atoms with Crippen molar-refractivity contribution in [3.63, 3.8) is 0 Å². The lowest BCUT2D eigenvalue weighted by Gasteiger charge is -2.51. The van der Waals surface area contributed by atoms with E-state index in [1.54, 1.807) is 0 Å². The first-order valence-corrected chi connectivity index (χ1v) is 11.8. The van der Waals surface area contributed by atoms with Crippen LogP contribution in [0.1, 0.15) is 36.6 Å². The van der Waals surface area contributed by atoms with Gasteiger partial charge in [-0.05, 0) is 49.1 Å². The van der Waals surface area contributed by atoms with Crippen LogP contribution in [0.3, 0.4) is 0 Å². The molecule has 9 heteroatoms. The summed E-state index contributed by atoms with van der Waals surface area (Å²) >= 11 is 0. The van der Waals surface area contributed by atoms with E-state index < -0.39 is 28.4 Å². The van der Waals surface area contributed by atoms with E-state index in [0.29, 0.717) is 6.42 Å². The molecule has 30 heavy (non-hydrogen) atoms. The average Bonchev–Trinajstić information content (AvgIpc) is 3.10. The molecule has 2 aromatic rings. The van der Waals surface area contributed by atoms with Crippen LogP contribution in [0.4, 0.5) is 0 Å².